The lowest BCUT2D eigenvalue weighted by Gasteiger charge is -2.11. The quantitative estimate of drug-likeness (QED) is 0.775. The maximum Gasteiger partial charge on any atom is 0.237 e. The predicted molar refractivity (Wildman–Crippen MR) is 72.1 cm³/mol. The number of nitrogens with one attached hydrogen (secondary N) is 2. The van der Waals surface area contributed by atoms with Crippen molar-refractivity contribution >= 4 is 5.91 Å². The SMILES string of the molecule is O=C(NCCOc1ccc2c(c1)OCO2)C1CCCN1. The zero-order chi connectivity index (χ0) is 13.8. The second-order valence-electron chi connectivity index (χ2n) is 4.80. The Labute approximate surface area is 117 Å². The molecule has 6 heteroatoms. The molecule has 2 aliphatic heterocycles. The van der Waals surface area contributed by atoms with Crippen molar-refractivity contribution in [3.8, 4) is 17.2 Å². The summed E-state index contributed by atoms with van der Waals surface area (Å²) in [5.74, 6) is 2.19. The molecule has 6 nitrogen and oxygen atoms in total. The summed E-state index contributed by atoms with van der Waals surface area (Å²) in [4.78, 5) is 11.7. The standard InChI is InChI=1S/C14H18N2O4/c17-14(11-2-1-5-15-11)16-6-7-18-10-3-4-12-13(8-10)20-9-19-12/h3-4,8,11,15H,1-2,5-7,9H2,(H,16,17). The molecular weight excluding hydrogens is 260 g/mol. The summed E-state index contributed by atoms with van der Waals surface area (Å²) in [6, 6.07) is 5.40. The first-order valence-corrected chi connectivity index (χ1v) is 6.86. The van der Waals surface area contributed by atoms with Gasteiger partial charge in [-0.3, -0.25) is 4.79 Å². The fraction of sp³-hybridized carbons (Fsp3) is 0.500. The van der Waals surface area contributed by atoms with Gasteiger partial charge in [-0.1, -0.05) is 0 Å². The second kappa shape index (κ2) is 6.00. The zero-order valence-corrected chi connectivity index (χ0v) is 11.2. The zero-order valence-electron chi connectivity index (χ0n) is 11.2. The molecule has 0 spiro atoms. The molecule has 1 aromatic rings. The number of fused-ring (bicyclic) bond motifs is 1. The molecule has 20 heavy (non-hydrogen) atoms. The van der Waals surface area contributed by atoms with Crippen LogP contribution in [0.25, 0.3) is 0 Å². The van der Waals surface area contributed by atoms with Gasteiger partial charge in [-0.15, -0.1) is 0 Å². The fourth-order valence-electron chi connectivity index (χ4n) is 2.34. The van der Waals surface area contributed by atoms with Gasteiger partial charge in [-0.2, -0.15) is 0 Å². The van der Waals surface area contributed by atoms with Crippen molar-refractivity contribution in [1.82, 2.24) is 10.6 Å². The highest BCUT2D eigenvalue weighted by molar-refractivity contribution is 5.81. The van der Waals surface area contributed by atoms with E-state index in [-0.39, 0.29) is 18.7 Å². The number of benzene rings is 1. The van der Waals surface area contributed by atoms with Gasteiger partial charge in [0.25, 0.3) is 0 Å². The Balaban J connectivity index is 1.40. The van der Waals surface area contributed by atoms with E-state index in [4.69, 9.17) is 14.2 Å². The van der Waals surface area contributed by atoms with E-state index in [9.17, 15) is 4.79 Å². The highest BCUT2D eigenvalue weighted by atomic mass is 16.7. The maximum absolute atomic E-state index is 11.7. The minimum atomic E-state index is -0.0412. The lowest BCUT2D eigenvalue weighted by Crippen LogP contribution is -2.41. The summed E-state index contributed by atoms with van der Waals surface area (Å²) in [5, 5.41) is 6.02. The van der Waals surface area contributed by atoms with Crippen molar-refractivity contribution in [2.45, 2.75) is 18.9 Å². The molecule has 1 aromatic carbocycles. The summed E-state index contributed by atoms with van der Waals surface area (Å²) in [5.41, 5.74) is 0. The first kappa shape index (κ1) is 13.1. The van der Waals surface area contributed by atoms with Crippen LogP contribution in [-0.2, 0) is 4.79 Å². The van der Waals surface area contributed by atoms with Gasteiger partial charge in [0.1, 0.15) is 12.4 Å². The molecule has 1 fully saturated rings. The van der Waals surface area contributed by atoms with E-state index in [1.807, 2.05) is 12.1 Å². The Morgan fingerprint density at radius 1 is 1.40 bits per heavy atom. The molecule has 1 unspecified atom stereocenters. The first-order chi connectivity index (χ1) is 9.83. The van der Waals surface area contributed by atoms with Crippen molar-refractivity contribution in [2.75, 3.05) is 26.5 Å². The molecular formula is C14H18N2O4. The van der Waals surface area contributed by atoms with Gasteiger partial charge in [-0.25, -0.2) is 0 Å². The Morgan fingerprint density at radius 2 is 2.30 bits per heavy atom. The van der Waals surface area contributed by atoms with Crippen molar-refractivity contribution in [1.29, 1.82) is 0 Å². The highest BCUT2D eigenvalue weighted by Gasteiger charge is 2.21. The van der Waals surface area contributed by atoms with E-state index in [1.165, 1.54) is 0 Å². The van der Waals surface area contributed by atoms with Crippen LogP contribution < -0.4 is 24.8 Å². The number of hydrogen-bond donors (Lipinski definition) is 2. The van der Waals surface area contributed by atoms with Gasteiger partial charge in [-0.05, 0) is 31.5 Å². The number of ether oxygens (including phenoxy) is 3. The van der Waals surface area contributed by atoms with E-state index in [0.717, 1.165) is 25.1 Å². The average Bonchev–Trinajstić information content (AvgIpc) is 3.13. The molecule has 0 bridgehead atoms. The molecule has 2 heterocycles. The summed E-state index contributed by atoms with van der Waals surface area (Å²) in [7, 11) is 0. The van der Waals surface area contributed by atoms with E-state index in [1.54, 1.807) is 6.07 Å². The van der Waals surface area contributed by atoms with Crippen LogP contribution in [0.15, 0.2) is 18.2 Å². The van der Waals surface area contributed by atoms with Crippen molar-refractivity contribution in [3.05, 3.63) is 18.2 Å². The van der Waals surface area contributed by atoms with E-state index >= 15 is 0 Å². The van der Waals surface area contributed by atoms with Crippen LogP contribution in [0.1, 0.15) is 12.8 Å². The first-order valence-electron chi connectivity index (χ1n) is 6.86. The molecule has 2 N–H and O–H groups in total. The summed E-state index contributed by atoms with van der Waals surface area (Å²) < 4.78 is 16.1. The van der Waals surface area contributed by atoms with E-state index < -0.39 is 0 Å². The largest absolute Gasteiger partial charge is 0.492 e. The number of carbonyl (C=O) groups excluding carboxylic acids is 1. The van der Waals surface area contributed by atoms with E-state index in [0.29, 0.717) is 24.7 Å². The molecule has 1 saturated heterocycles. The Morgan fingerprint density at radius 3 is 3.15 bits per heavy atom. The minimum absolute atomic E-state index is 0.0412. The van der Waals surface area contributed by atoms with Crippen molar-refractivity contribution < 1.29 is 19.0 Å². The number of hydrogen-bond acceptors (Lipinski definition) is 5. The van der Waals surface area contributed by atoms with Gasteiger partial charge in [0.05, 0.1) is 12.6 Å². The molecule has 1 atom stereocenters. The molecule has 0 saturated carbocycles. The second-order valence-corrected chi connectivity index (χ2v) is 4.80. The topological polar surface area (TPSA) is 68.8 Å². The van der Waals surface area contributed by atoms with Crippen LogP contribution >= 0.6 is 0 Å². The average molecular weight is 278 g/mol. The Hall–Kier alpha value is -1.95. The monoisotopic (exact) mass is 278 g/mol. The lowest BCUT2D eigenvalue weighted by molar-refractivity contribution is -0.122. The third-order valence-electron chi connectivity index (χ3n) is 3.39. The highest BCUT2D eigenvalue weighted by Crippen LogP contribution is 2.34. The van der Waals surface area contributed by atoms with Crippen LogP contribution in [0, 0.1) is 0 Å². The molecule has 0 aromatic heterocycles. The minimum Gasteiger partial charge on any atom is -0.492 e. The summed E-state index contributed by atoms with van der Waals surface area (Å²) >= 11 is 0. The molecule has 3 rings (SSSR count). The van der Waals surface area contributed by atoms with Crippen LogP contribution in [0.5, 0.6) is 17.2 Å². The number of carbonyl (C=O) groups is 1. The van der Waals surface area contributed by atoms with Gasteiger partial charge in [0.2, 0.25) is 12.7 Å². The van der Waals surface area contributed by atoms with Crippen LogP contribution in [0.3, 0.4) is 0 Å². The van der Waals surface area contributed by atoms with Crippen molar-refractivity contribution in [3.63, 3.8) is 0 Å². The van der Waals surface area contributed by atoms with Gasteiger partial charge < -0.3 is 24.8 Å². The number of rotatable bonds is 5. The normalized spacial score (nSPS) is 19.9. The predicted octanol–water partition coefficient (Wildman–Crippen LogP) is 0.662. The molecule has 0 aliphatic carbocycles. The number of amides is 1. The Kier molecular flexibility index (Phi) is 3.92. The van der Waals surface area contributed by atoms with Crippen molar-refractivity contribution in [2.24, 2.45) is 0 Å². The molecule has 108 valence electrons. The lowest BCUT2D eigenvalue weighted by atomic mass is 10.2. The van der Waals surface area contributed by atoms with Crippen LogP contribution in [-0.4, -0.2) is 38.4 Å². The van der Waals surface area contributed by atoms with Gasteiger partial charge in [0, 0.05) is 6.07 Å². The molecule has 2 aliphatic rings. The summed E-state index contributed by atoms with van der Waals surface area (Å²) in [6.45, 7) is 2.10. The van der Waals surface area contributed by atoms with Crippen LogP contribution in [0.4, 0.5) is 0 Å². The van der Waals surface area contributed by atoms with Gasteiger partial charge >= 0.3 is 0 Å². The maximum atomic E-state index is 11.7. The van der Waals surface area contributed by atoms with Crippen LogP contribution in [0.2, 0.25) is 0 Å². The third kappa shape index (κ3) is 2.96. The molecule has 0 radical (unpaired) electrons. The smallest absolute Gasteiger partial charge is 0.237 e. The summed E-state index contributed by atoms with van der Waals surface area (Å²) in [6.07, 6.45) is 1.97. The fourth-order valence-corrected chi connectivity index (χ4v) is 2.34. The third-order valence-corrected chi connectivity index (χ3v) is 3.39. The van der Waals surface area contributed by atoms with Gasteiger partial charge in [0.15, 0.2) is 11.5 Å². The Bertz CT molecular complexity index is 486. The molecule has 1 amide bonds. The van der Waals surface area contributed by atoms with E-state index in [2.05, 4.69) is 10.6 Å².